The van der Waals surface area contributed by atoms with E-state index in [4.69, 9.17) is 16.7 Å². The fourth-order valence-corrected chi connectivity index (χ4v) is 3.82. The topological polar surface area (TPSA) is 79.3 Å². The number of aromatic nitrogens is 1. The van der Waals surface area contributed by atoms with E-state index in [9.17, 15) is 9.59 Å². The number of hydrogen-bond donors (Lipinski definition) is 2. The monoisotopic (exact) mass is 358 g/mol. The van der Waals surface area contributed by atoms with Crippen LogP contribution in [0.5, 0.6) is 0 Å². The van der Waals surface area contributed by atoms with Crippen molar-refractivity contribution < 1.29 is 14.7 Å². The molecule has 0 aliphatic carbocycles. The fraction of sp³-hybridized carbons (Fsp3) is 0.357. The van der Waals surface area contributed by atoms with E-state index < -0.39 is 17.9 Å². The summed E-state index contributed by atoms with van der Waals surface area (Å²) in [6.45, 7) is 4.99. The number of aliphatic carboxylic acids is 1. The zero-order chi connectivity index (χ0) is 16.4. The van der Waals surface area contributed by atoms with E-state index in [0.29, 0.717) is 14.9 Å². The van der Waals surface area contributed by atoms with Gasteiger partial charge in [0, 0.05) is 6.04 Å². The zero-order valence-corrected chi connectivity index (χ0v) is 14.6. The van der Waals surface area contributed by atoms with E-state index in [1.54, 1.807) is 26.8 Å². The lowest BCUT2D eigenvalue weighted by atomic mass is 10.0. The van der Waals surface area contributed by atoms with E-state index in [0.717, 1.165) is 9.88 Å². The molecule has 22 heavy (non-hydrogen) atoms. The Hall–Kier alpha value is -1.44. The average Bonchev–Trinajstić information content (AvgIpc) is 3.03. The SMILES string of the molecule is Cc1nc(-c2ccc(Cl)s2)sc1C(=O)NC(C)C(C)C(=O)O. The van der Waals surface area contributed by atoms with Crippen LogP contribution in [0.25, 0.3) is 9.88 Å². The van der Waals surface area contributed by atoms with Crippen LogP contribution in [0.1, 0.15) is 29.2 Å². The second kappa shape index (κ2) is 6.76. The van der Waals surface area contributed by atoms with Crippen LogP contribution in [-0.4, -0.2) is 28.0 Å². The maximum Gasteiger partial charge on any atom is 0.308 e. The summed E-state index contributed by atoms with van der Waals surface area (Å²) < 4.78 is 0.665. The molecule has 0 saturated heterocycles. The van der Waals surface area contributed by atoms with Gasteiger partial charge in [-0.25, -0.2) is 4.98 Å². The van der Waals surface area contributed by atoms with E-state index >= 15 is 0 Å². The van der Waals surface area contributed by atoms with E-state index in [1.807, 2.05) is 6.07 Å². The molecule has 0 fully saturated rings. The Labute approximate surface area is 141 Å². The van der Waals surface area contributed by atoms with Crippen molar-refractivity contribution in [2.75, 3.05) is 0 Å². The lowest BCUT2D eigenvalue weighted by Gasteiger charge is -2.17. The lowest BCUT2D eigenvalue weighted by Crippen LogP contribution is -2.39. The molecular formula is C14H15ClN2O3S2. The van der Waals surface area contributed by atoms with Crippen molar-refractivity contribution in [2.24, 2.45) is 5.92 Å². The average molecular weight is 359 g/mol. The molecule has 2 aromatic rings. The number of halogens is 1. The van der Waals surface area contributed by atoms with E-state index in [-0.39, 0.29) is 5.91 Å². The minimum absolute atomic E-state index is 0.301. The predicted molar refractivity (Wildman–Crippen MR) is 88.9 cm³/mol. The Bertz CT molecular complexity index is 711. The maximum absolute atomic E-state index is 12.3. The number of carbonyl (C=O) groups is 2. The van der Waals surface area contributed by atoms with Gasteiger partial charge in [-0.3, -0.25) is 9.59 Å². The summed E-state index contributed by atoms with van der Waals surface area (Å²) >= 11 is 8.59. The molecule has 5 nitrogen and oxygen atoms in total. The van der Waals surface area contributed by atoms with Crippen LogP contribution < -0.4 is 5.32 Å². The van der Waals surface area contributed by atoms with Crippen LogP contribution in [0.2, 0.25) is 4.34 Å². The third kappa shape index (κ3) is 3.66. The smallest absolute Gasteiger partial charge is 0.308 e. The van der Waals surface area contributed by atoms with Crippen molar-refractivity contribution in [1.29, 1.82) is 0 Å². The number of thiazole rings is 1. The molecule has 2 aromatic heterocycles. The molecule has 2 rings (SSSR count). The van der Waals surface area contributed by atoms with Crippen molar-refractivity contribution in [1.82, 2.24) is 10.3 Å². The summed E-state index contributed by atoms with van der Waals surface area (Å²) in [7, 11) is 0. The van der Waals surface area contributed by atoms with Gasteiger partial charge in [-0.15, -0.1) is 22.7 Å². The summed E-state index contributed by atoms with van der Waals surface area (Å²) in [5, 5.41) is 12.4. The third-order valence-corrected chi connectivity index (χ3v) is 5.84. The number of nitrogens with one attached hydrogen (secondary N) is 1. The lowest BCUT2D eigenvalue weighted by molar-refractivity contribution is -0.141. The minimum Gasteiger partial charge on any atom is -0.481 e. The van der Waals surface area contributed by atoms with Gasteiger partial charge in [0.25, 0.3) is 5.91 Å². The van der Waals surface area contributed by atoms with Gasteiger partial charge in [-0.2, -0.15) is 0 Å². The van der Waals surface area contributed by atoms with Crippen molar-refractivity contribution in [2.45, 2.75) is 26.8 Å². The molecule has 2 unspecified atom stereocenters. The van der Waals surface area contributed by atoms with Crippen molar-refractivity contribution in [3.05, 3.63) is 27.0 Å². The number of carboxylic acid groups (broad SMARTS) is 1. The van der Waals surface area contributed by atoms with E-state index in [1.165, 1.54) is 22.7 Å². The molecule has 0 radical (unpaired) electrons. The van der Waals surface area contributed by atoms with Gasteiger partial charge in [-0.05, 0) is 32.9 Å². The number of carboxylic acids is 1. The predicted octanol–water partition coefficient (Wildman–Crippen LogP) is 3.67. The standard InChI is InChI=1S/C14H15ClN2O3S2/c1-6(14(19)20)7(2)16-12(18)11-8(3)17-13(22-11)9-4-5-10(15)21-9/h4-7H,1-3H3,(H,16,18)(H,19,20). The Morgan fingerprint density at radius 3 is 2.55 bits per heavy atom. The van der Waals surface area contributed by atoms with Crippen LogP contribution in [-0.2, 0) is 4.79 Å². The molecule has 8 heteroatoms. The molecule has 0 aromatic carbocycles. The molecule has 0 aliphatic rings. The summed E-state index contributed by atoms with van der Waals surface area (Å²) in [6, 6.07) is 3.18. The fourth-order valence-electron chi connectivity index (χ4n) is 1.75. The number of amides is 1. The maximum atomic E-state index is 12.3. The molecular weight excluding hydrogens is 344 g/mol. The quantitative estimate of drug-likeness (QED) is 0.854. The largest absolute Gasteiger partial charge is 0.481 e. The van der Waals surface area contributed by atoms with Crippen LogP contribution in [0, 0.1) is 12.8 Å². The van der Waals surface area contributed by atoms with Gasteiger partial charge in [-0.1, -0.05) is 11.6 Å². The molecule has 0 bridgehead atoms. The third-order valence-electron chi connectivity index (χ3n) is 3.29. The second-order valence-electron chi connectivity index (χ2n) is 4.93. The molecule has 0 spiro atoms. The Kier molecular flexibility index (Phi) is 5.20. The number of carbonyl (C=O) groups excluding carboxylic acids is 1. The van der Waals surface area contributed by atoms with Gasteiger partial charge >= 0.3 is 5.97 Å². The first-order chi connectivity index (χ1) is 10.3. The summed E-state index contributed by atoms with van der Waals surface area (Å²) in [6.07, 6.45) is 0. The first-order valence-electron chi connectivity index (χ1n) is 6.56. The van der Waals surface area contributed by atoms with Crippen molar-refractivity contribution >= 4 is 46.2 Å². The van der Waals surface area contributed by atoms with E-state index in [2.05, 4.69) is 10.3 Å². The molecule has 2 atom stereocenters. The highest BCUT2D eigenvalue weighted by Crippen LogP contribution is 2.34. The number of aryl methyl sites for hydroxylation is 1. The molecule has 118 valence electrons. The summed E-state index contributed by atoms with van der Waals surface area (Å²) in [4.78, 5) is 29.0. The Morgan fingerprint density at radius 1 is 1.32 bits per heavy atom. The van der Waals surface area contributed by atoms with Gasteiger partial charge in [0.15, 0.2) is 0 Å². The van der Waals surface area contributed by atoms with Gasteiger partial charge in [0.1, 0.15) is 9.88 Å². The van der Waals surface area contributed by atoms with Gasteiger partial charge in [0.2, 0.25) is 0 Å². The van der Waals surface area contributed by atoms with Crippen LogP contribution >= 0.6 is 34.3 Å². The molecule has 0 saturated carbocycles. The highest BCUT2D eigenvalue weighted by molar-refractivity contribution is 7.24. The number of rotatable bonds is 5. The number of nitrogens with zero attached hydrogens (tertiary/aromatic N) is 1. The molecule has 0 aliphatic heterocycles. The first-order valence-corrected chi connectivity index (χ1v) is 8.57. The molecule has 2 heterocycles. The van der Waals surface area contributed by atoms with Gasteiger partial charge < -0.3 is 10.4 Å². The molecule has 2 N–H and O–H groups in total. The highest BCUT2D eigenvalue weighted by Gasteiger charge is 2.24. The van der Waals surface area contributed by atoms with Crippen LogP contribution in [0.3, 0.4) is 0 Å². The molecule has 1 amide bonds. The second-order valence-corrected chi connectivity index (χ2v) is 7.64. The summed E-state index contributed by atoms with van der Waals surface area (Å²) in [5.41, 5.74) is 0.622. The minimum atomic E-state index is -0.942. The Morgan fingerprint density at radius 2 is 2.00 bits per heavy atom. The number of thiophene rings is 1. The zero-order valence-electron chi connectivity index (χ0n) is 12.2. The number of hydrogen-bond acceptors (Lipinski definition) is 5. The Balaban J connectivity index is 2.17. The highest BCUT2D eigenvalue weighted by atomic mass is 35.5. The van der Waals surface area contributed by atoms with Gasteiger partial charge in [0.05, 0.1) is 20.8 Å². The summed E-state index contributed by atoms with van der Waals surface area (Å²) in [5.74, 6) is -1.90. The van der Waals surface area contributed by atoms with Crippen LogP contribution in [0.4, 0.5) is 0 Å². The van der Waals surface area contributed by atoms with Crippen molar-refractivity contribution in [3.8, 4) is 9.88 Å². The van der Waals surface area contributed by atoms with Crippen LogP contribution in [0.15, 0.2) is 12.1 Å². The normalized spacial score (nSPS) is 13.6. The first kappa shape index (κ1) is 16.9. The van der Waals surface area contributed by atoms with Crippen molar-refractivity contribution in [3.63, 3.8) is 0 Å².